The summed E-state index contributed by atoms with van der Waals surface area (Å²) in [6, 6.07) is 6.82. The average Bonchev–Trinajstić information content (AvgIpc) is 2.67. The van der Waals surface area contributed by atoms with E-state index in [1.165, 1.54) is 0 Å². The van der Waals surface area contributed by atoms with Crippen LogP contribution < -0.4 is 10.6 Å². The zero-order valence-electron chi connectivity index (χ0n) is 10.7. The number of nitrogens with zero attached hydrogens (tertiary/aromatic N) is 2. The molecule has 2 N–H and O–H groups in total. The number of carbonyl (C=O) groups excluding carboxylic acids is 1. The van der Waals surface area contributed by atoms with E-state index in [4.69, 9.17) is 12.2 Å². The smallest absolute Gasteiger partial charge is 0.319 e. The second-order valence-corrected chi connectivity index (χ2v) is 4.51. The third-order valence-electron chi connectivity index (χ3n) is 2.60. The maximum absolute atomic E-state index is 11.5. The van der Waals surface area contributed by atoms with E-state index in [0.717, 1.165) is 11.3 Å². The normalized spacial score (nSPS) is 15.9. The first kappa shape index (κ1) is 14.1. The Kier molecular flexibility index (Phi) is 4.73. The number of carbonyl (C=O) groups is 1. The molecule has 0 radical (unpaired) electrons. The number of amides is 2. The minimum absolute atomic E-state index is 0.305. The van der Waals surface area contributed by atoms with Crippen molar-refractivity contribution in [2.45, 2.75) is 6.04 Å². The molecule has 1 atom stereocenters. The fourth-order valence-electron chi connectivity index (χ4n) is 1.61. The van der Waals surface area contributed by atoms with E-state index in [2.05, 4.69) is 27.4 Å². The van der Waals surface area contributed by atoms with Crippen LogP contribution in [-0.2, 0) is 0 Å². The highest BCUT2D eigenvalue weighted by molar-refractivity contribution is 7.80. The summed E-state index contributed by atoms with van der Waals surface area (Å²) in [4.78, 5) is 11.8. The van der Waals surface area contributed by atoms with Gasteiger partial charge in [0.25, 0.3) is 0 Å². The van der Waals surface area contributed by atoms with Crippen LogP contribution in [0.25, 0.3) is 6.08 Å². The standard InChI is InChI=1S/C14H14N4OS/c1-2-9-15-14(19)16-13(20)12-8-7-10-5-3-4-6-11(10)17-18-12/h2-8,12H,1,9H2,(H2,15,16,19,20). The molecule has 0 spiro atoms. The third-order valence-corrected chi connectivity index (χ3v) is 2.94. The van der Waals surface area contributed by atoms with Crippen LogP contribution in [0, 0.1) is 0 Å². The van der Waals surface area contributed by atoms with Gasteiger partial charge in [-0.3, -0.25) is 0 Å². The molecule has 2 rings (SSSR count). The molecule has 0 saturated heterocycles. The number of hydrogen-bond acceptors (Lipinski definition) is 4. The highest BCUT2D eigenvalue weighted by Gasteiger charge is 2.15. The second kappa shape index (κ2) is 6.72. The first-order valence-electron chi connectivity index (χ1n) is 6.08. The number of nitrogens with one attached hydrogen (secondary N) is 2. The number of rotatable bonds is 3. The monoisotopic (exact) mass is 286 g/mol. The molecule has 0 aliphatic carbocycles. The highest BCUT2D eigenvalue weighted by atomic mass is 32.1. The fraction of sp³-hybridized carbons (Fsp3) is 0.143. The van der Waals surface area contributed by atoms with Gasteiger partial charge in [-0.1, -0.05) is 48.6 Å². The zero-order valence-corrected chi connectivity index (χ0v) is 11.6. The van der Waals surface area contributed by atoms with E-state index < -0.39 is 6.04 Å². The Hall–Kier alpha value is -2.34. The molecule has 1 aliphatic rings. The molecule has 1 aromatic carbocycles. The SMILES string of the molecule is C=CCNC(=O)NC(=S)C1C=Cc2ccccc2N=N1. The van der Waals surface area contributed by atoms with Crippen LogP contribution >= 0.6 is 12.2 Å². The molecule has 20 heavy (non-hydrogen) atoms. The molecule has 0 fully saturated rings. The summed E-state index contributed by atoms with van der Waals surface area (Å²) < 4.78 is 0. The predicted molar refractivity (Wildman–Crippen MR) is 83.1 cm³/mol. The Morgan fingerprint density at radius 1 is 1.45 bits per heavy atom. The number of thiocarbonyl (C=S) groups is 1. The van der Waals surface area contributed by atoms with E-state index in [0.29, 0.717) is 11.5 Å². The summed E-state index contributed by atoms with van der Waals surface area (Å²) in [6.45, 7) is 3.89. The van der Waals surface area contributed by atoms with Gasteiger partial charge in [0.1, 0.15) is 11.0 Å². The number of fused-ring (bicyclic) bond motifs is 1. The van der Waals surface area contributed by atoms with Gasteiger partial charge in [0.15, 0.2) is 0 Å². The van der Waals surface area contributed by atoms with Crippen LogP contribution in [0.15, 0.2) is 53.2 Å². The van der Waals surface area contributed by atoms with Gasteiger partial charge in [-0.25, -0.2) is 4.79 Å². The van der Waals surface area contributed by atoms with E-state index in [1.807, 2.05) is 36.4 Å². The van der Waals surface area contributed by atoms with Gasteiger partial charge < -0.3 is 10.6 Å². The summed E-state index contributed by atoms with van der Waals surface area (Å²) >= 11 is 5.17. The van der Waals surface area contributed by atoms with Crippen molar-refractivity contribution in [3.63, 3.8) is 0 Å². The highest BCUT2D eigenvalue weighted by Crippen LogP contribution is 2.24. The van der Waals surface area contributed by atoms with Gasteiger partial charge in [0.05, 0.1) is 5.69 Å². The summed E-state index contributed by atoms with van der Waals surface area (Å²) in [5, 5.41) is 13.4. The molecule has 6 heteroatoms. The molecule has 0 bridgehead atoms. The van der Waals surface area contributed by atoms with E-state index in [-0.39, 0.29) is 6.03 Å². The zero-order chi connectivity index (χ0) is 14.4. The lowest BCUT2D eigenvalue weighted by atomic mass is 10.1. The molecule has 1 heterocycles. The molecule has 1 aliphatic heterocycles. The number of benzene rings is 1. The number of hydrogen-bond donors (Lipinski definition) is 2. The fourth-order valence-corrected chi connectivity index (χ4v) is 1.83. The lowest BCUT2D eigenvalue weighted by Gasteiger charge is -2.09. The lowest BCUT2D eigenvalue weighted by molar-refractivity contribution is 0.246. The minimum atomic E-state index is -0.452. The average molecular weight is 286 g/mol. The Bertz CT molecular complexity index is 562. The predicted octanol–water partition coefficient (Wildman–Crippen LogP) is 2.98. The van der Waals surface area contributed by atoms with E-state index in [9.17, 15) is 4.79 Å². The second-order valence-electron chi connectivity index (χ2n) is 4.07. The molecule has 102 valence electrons. The van der Waals surface area contributed by atoms with E-state index >= 15 is 0 Å². The van der Waals surface area contributed by atoms with Gasteiger partial charge in [0, 0.05) is 12.1 Å². The molecule has 2 amide bonds. The van der Waals surface area contributed by atoms with Crippen molar-refractivity contribution < 1.29 is 4.79 Å². The summed E-state index contributed by atoms with van der Waals surface area (Å²) in [5.41, 5.74) is 1.75. The Balaban J connectivity index is 2.03. The van der Waals surface area contributed by atoms with Crippen LogP contribution in [0.3, 0.4) is 0 Å². The van der Waals surface area contributed by atoms with E-state index in [1.54, 1.807) is 6.08 Å². The summed E-state index contributed by atoms with van der Waals surface area (Å²) in [7, 11) is 0. The molecule has 0 aromatic heterocycles. The van der Waals surface area contributed by atoms with Crippen LogP contribution in [0.5, 0.6) is 0 Å². The maximum Gasteiger partial charge on any atom is 0.319 e. The maximum atomic E-state index is 11.5. The quantitative estimate of drug-likeness (QED) is 0.662. The summed E-state index contributed by atoms with van der Waals surface area (Å²) in [5.74, 6) is 0. The van der Waals surface area contributed by atoms with Crippen molar-refractivity contribution in [1.82, 2.24) is 10.6 Å². The van der Waals surface area contributed by atoms with Crippen molar-refractivity contribution in [2.24, 2.45) is 10.2 Å². The summed E-state index contributed by atoms with van der Waals surface area (Å²) in [6.07, 6.45) is 5.30. The molecular formula is C14H14N4OS. The molecule has 5 nitrogen and oxygen atoms in total. The van der Waals surface area contributed by atoms with Gasteiger partial charge >= 0.3 is 6.03 Å². The number of urea groups is 1. The van der Waals surface area contributed by atoms with Crippen LogP contribution in [0.1, 0.15) is 5.56 Å². The van der Waals surface area contributed by atoms with Crippen LogP contribution in [0.2, 0.25) is 0 Å². The third kappa shape index (κ3) is 3.58. The Morgan fingerprint density at radius 2 is 2.25 bits per heavy atom. The molecule has 1 aromatic rings. The van der Waals surface area contributed by atoms with Gasteiger partial charge in [-0.2, -0.15) is 10.2 Å². The van der Waals surface area contributed by atoms with Crippen molar-refractivity contribution in [3.8, 4) is 0 Å². The number of azo groups is 1. The van der Waals surface area contributed by atoms with Crippen LogP contribution in [-0.4, -0.2) is 23.6 Å². The van der Waals surface area contributed by atoms with Crippen LogP contribution in [0.4, 0.5) is 10.5 Å². The molecule has 0 saturated carbocycles. The first-order chi connectivity index (χ1) is 9.70. The topological polar surface area (TPSA) is 65.8 Å². The van der Waals surface area contributed by atoms with Gasteiger partial charge in [-0.05, 0) is 6.07 Å². The first-order valence-corrected chi connectivity index (χ1v) is 6.49. The van der Waals surface area contributed by atoms with Gasteiger partial charge in [-0.15, -0.1) is 6.58 Å². The van der Waals surface area contributed by atoms with Gasteiger partial charge in [0.2, 0.25) is 0 Å². The Morgan fingerprint density at radius 3 is 3.05 bits per heavy atom. The van der Waals surface area contributed by atoms with Crippen molar-refractivity contribution in [1.29, 1.82) is 0 Å². The minimum Gasteiger partial charge on any atom is -0.334 e. The lowest BCUT2D eigenvalue weighted by Crippen LogP contribution is -2.42. The van der Waals surface area contributed by atoms with Crippen molar-refractivity contribution in [2.75, 3.05) is 6.54 Å². The molecular weight excluding hydrogens is 272 g/mol. The van der Waals surface area contributed by atoms with Crippen molar-refractivity contribution in [3.05, 3.63) is 48.6 Å². The van der Waals surface area contributed by atoms with Crippen molar-refractivity contribution >= 4 is 35.0 Å². The molecule has 1 unspecified atom stereocenters. The largest absolute Gasteiger partial charge is 0.334 e. The Labute approximate surface area is 122 Å².